The molecule has 3 aliphatic heterocycles. The SMILES string of the molecule is O=C1CSc2ccc(N3C[C@@H]([C@H](O)CC(=O)N[C@@H]4Cn5c(=O)ccc6ccc(F)c4c65)OC3=O)cc2N1. The molecule has 3 aliphatic rings. The van der Waals surface area contributed by atoms with E-state index in [1.54, 1.807) is 30.3 Å². The second-order valence-electron chi connectivity index (χ2n) is 9.12. The van der Waals surface area contributed by atoms with Crippen molar-refractivity contribution in [3.8, 4) is 0 Å². The van der Waals surface area contributed by atoms with Crippen molar-refractivity contribution in [2.24, 2.45) is 0 Å². The Bertz CT molecular complexity index is 1540. The summed E-state index contributed by atoms with van der Waals surface area (Å²) >= 11 is 1.40. The van der Waals surface area contributed by atoms with Crippen LogP contribution in [-0.2, 0) is 20.9 Å². The number of nitrogens with one attached hydrogen (secondary N) is 2. The number of halogens is 1. The molecule has 4 heterocycles. The van der Waals surface area contributed by atoms with E-state index in [4.69, 9.17) is 4.74 Å². The predicted octanol–water partition coefficient (Wildman–Crippen LogP) is 2.13. The summed E-state index contributed by atoms with van der Waals surface area (Å²) in [4.78, 5) is 51.5. The van der Waals surface area contributed by atoms with E-state index in [-0.39, 0.29) is 36.5 Å². The zero-order valence-corrected chi connectivity index (χ0v) is 20.1. The van der Waals surface area contributed by atoms with Crippen LogP contribution in [0.1, 0.15) is 18.0 Å². The molecule has 10 nitrogen and oxygen atoms in total. The number of aliphatic hydroxyl groups is 1. The van der Waals surface area contributed by atoms with Crippen molar-refractivity contribution in [2.45, 2.75) is 36.1 Å². The Labute approximate surface area is 213 Å². The van der Waals surface area contributed by atoms with Gasteiger partial charge in [0.05, 0.1) is 42.5 Å². The van der Waals surface area contributed by atoms with Crippen LogP contribution < -0.4 is 21.1 Å². The van der Waals surface area contributed by atoms with Gasteiger partial charge in [-0.25, -0.2) is 9.18 Å². The first-order valence-electron chi connectivity index (χ1n) is 11.6. The molecule has 0 bridgehead atoms. The number of nitrogens with zero attached hydrogens (tertiary/aromatic N) is 2. The molecule has 3 amide bonds. The predicted molar refractivity (Wildman–Crippen MR) is 133 cm³/mol. The molecule has 1 saturated heterocycles. The lowest BCUT2D eigenvalue weighted by atomic mass is 10.0. The number of anilines is 2. The molecule has 3 aromatic rings. The van der Waals surface area contributed by atoms with E-state index in [1.165, 1.54) is 33.4 Å². The van der Waals surface area contributed by atoms with Crippen molar-refractivity contribution in [3.63, 3.8) is 0 Å². The van der Waals surface area contributed by atoms with Gasteiger partial charge >= 0.3 is 6.09 Å². The molecule has 3 N–H and O–H groups in total. The standard InChI is InChI=1S/C25H21FN4O6S/c26-14-4-1-12-2-6-22(34)30-9-16(23(14)24(12)30)28-20(32)8-17(31)18-10-29(25(35)36-18)13-3-5-19-15(7-13)27-21(33)11-37-19/h1-7,16-18,31H,8-11H2,(H,27,33)(H,28,32)/t16-,17-,18+/m1/s1. The maximum Gasteiger partial charge on any atom is 0.414 e. The summed E-state index contributed by atoms with van der Waals surface area (Å²) in [5.41, 5.74) is 1.46. The number of carbonyl (C=O) groups excluding carboxylic acids is 3. The lowest BCUT2D eigenvalue weighted by molar-refractivity contribution is -0.125. The number of benzene rings is 2. The molecule has 0 spiro atoms. The number of carbonyl (C=O) groups is 3. The third-order valence-electron chi connectivity index (χ3n) is 6.75. The van der Waals surface area contributed by atoms with E-state index in [0.29, 0.717) is 28.0 Å². The maximum atomic E-state index is 14.7. The first-order valence-corrected chi connectivity index (χ1v) is 12.6. The van der Waals surface area contributed by atoms with Crippen LogP contribution in [0.4, 0.5) is 20.6 Å². The number of fused-ring (bicyclic) bond motifs is 1. The van der Waals surface area contributed by atoms with E-state index in [1.807, 2.05) is 0 Å². The summed E-state index contributed by atoms with van der Waals surface area (Å²) in [7, 11) is 0. The molecule has 0 unspecified atom stereocenters. The monoisotopic (exact) mass is 524 g/mol. The number of cyclic esters (lactones) is 1. The van der Waals surface area contributed by atoms with Gasteiger partial charge in [-0.05, 0) is 41.8 Å². The third kappa shape index (κ3) is 4.11. The molecule has 3 atom stereocenters. The second kappa shape index (κ2) is 8.89. The maximum absolute atomic E-state index is 14.7. The molecule has 12 heteroatoms. The van der Waals surface area contributed by atoms with Gasteiger partial charge in [-0.15, -0.1) is 11.8 Å². The van der Waals surface area contributed by atoms with Crippen molar-refractivity contribution in [3.05, 3.63) is 64.2 Å². The number of pyridine rings is 1. The second-order valence-corrected chi connectivity index (χ2v) is 10.1. The number of hydrogen-bond acceptors (Lipinski definition) is 7. The fraction of sp³-hybridized carbons (Fsp3) is 0.280. The molecule has 1 aromatic heterocycles. The highest BCUT2D eigenvalue weighted by Gasteiger charge is 2.38. The van der Waals surface area contributed by atoms with Gasteiger partial charge in [0.15, 0.2) is 0 Å². The first-order chi connectivity index (χ1) is 17.8. The van der Waals surface area contributed by atoms with Gasteiger partial charge in [-0.1, -0.05) is 0 Å². The largest absolute Gasteiger partial charge is 0.441 e. The molecule has 1 fully saturated rings. The summed E-state index contributed by atoms with van der Waals surface area (Å²) in [5.74, 6) is -0.919. The summed E-state index contributed by atoms with van der Waals surface area (Å²) < 4.78 is 21.4. The van der Waals surface area contributed by atoms with Crippen molar-refractivity contribution in [1.29, 1.82) is 0 Å². The lowest BCUT2D eigenvalue weighted by Gasteiger charge is -2.20. The minimum absolute atomic E-state index is 0.00531. The topological polar surface area (TPSA) is 130 Å². The average Bonchev–Trinajstić information content (AvgIpc) is 3.45. The van der Waals surface area contributed by atoms with Gasteiger partial charge in [-0.3, -0.25) is 19.3 Å². The van der Waals surface area contributed by atoms with Crippen LogP contribution in [-0.4, -0.2) is 52.1 Å². The minimum atomic E-state index is -1.31. The van der Waals surface area contributed by atoms with Crippen LogP contribution in [0.15, 0.2) is 52.2 Å². The van der Waals surface area contributed by atoms with Crippen molar-refractivity contribution < 1.29 is 28.6 Å². The highest BCUT2D eigenvalue weighted by Crippen LogP contribution is 2.36. The van der Waals surface area contributed by atoms with Crippen molar-refractivity contribution in [1.82, 2.24) is 9.88 Å². The Morgan fingerprint density at radius 2 is 2.00 bits per heavy atom. The van der Waals surface area contributed by atoms with Crippen LogP contribution in [0.5, 0.6) is 0 Å². The first kappa shape index (κ1) is 23.5. The number of aromatic nitrogens is 1. The highest BCUT2D eigenvalue weighted by molar-refractivity contribution is 8.00. The van der Waals surface area contributed by atoms with Gasteiger partial charge in [0.25, 0.3) is 5.56 Å². The number of amides is 3. The number of hydrogen-bond donors (Lipinski definition) is 3. The molecule has 0 aliphatic carbocycles. The minimum Gasteiger partial charge on any atom is -0.441 e. The van der Waals surface area contributed by atoms with Crippen LogP contribution in [0.25, 0.3) is 10.9 Å². The van der Waals surface area contributed by atoms with Crippen LogP contribution in [0.2, 0.25) is 0 Å². The quantitative estimate of drug-likeness (QED) is 0.466. The Morgan fingerprint density at radius 3 is 2.84 bits per heavy atom. The smallest absolute Gasteiger partial charge is 0.414 e. The fourth-order valence-corrected chi connectivity index (χ4v) is 5.80. The summed E-state index contributed by atoms with van der Waals surface area (Å²) in [6, 6.07) is 10.3. The zero-order chi connectivity index (χ0) is 25.8. The Balaban J connectivity index is 1.13. The normalized spacial score (nSPS) is 21.0. The van der Waals surface area contributed by atoms with E-state index in [9.17, 15) is 28.7 Å². The number of rotatable bonds is 5. The molecule has 0 radical (unpaired) electrons. The Kier molecular flexibility index (Phi) is 5.64. The summed E-state index contributed by atoms with van der Waals surface area (Å²) in [6.07, 6.45) is -3.35. The average molecular weight is 525 g/mol. The number of thioether (sulfide) groups is 1. The van der Waals surface area contributed by atoms with Crippen LogP contribution in [0.3, 0.4) is 0 Å². The molecular formula is C25H21FN4O6S. The molecule has 6 rings (SSSR count). The third-order valence-corrected chi connectivity index (χ3v) is 7.83. The zero-order valence-electron chi connectivity index (χ0n) is 19.3. The van der Waals surface area contributed by atoms with Crippen LogP contribution >= 0.6 is 11.8 Å². The molecule has 2 aromatic carbocycles. The molecular weight excluding hydrogens is 503 g/mol. The van der Waals surface area contributed by atoms with Gasteiger partial charge in [-0.2, -0.15) is 0 Å². The lowest BCUT2D eigenvalue weighted by Crippen LogP contribution is -2.38. The summed E-state index contributed by atoms with van der Waals surface area (Å²) in [6.45, 7) is 0.0823. The molecule has 0 saturated carbocycles. The van der Waals surface area contributed by atoms with Gasteiger partial charge in [0.1, 0.15) is 18.0 Å². The molecule has 190 valence electrons. The highest BCUT2D eigenvalue weighted by atomic mass is 32.2. The van der Waals surface area contributed by atoms with E-state index >= 15 is 0 Å². The molecule has 37 heavy (non-hydrogen) atoms. The fourth-order valence-electron chi connectivity index (χ4n) is 5.01. The van der Waals surface area contributed by atoms with Gasteiger partial charge < -0.3 is 25.0 Å². The van der Waals surface area contributed by atoms with Gasteiger partial charge in [0, 0.05) is 22.2 Å². The van der Waals surface area contributed by atoms with E-state index in [2.05, 4.69) is 10.6 Å². The van der Waals surface area contributed by atoms with E-state index < -0.39 is 36.1 Å². The van der Waals surface area contributed by atoms with Gasteiger partial charge in [0.2, 0.25) is 11.8 Å². The Morgan fingerprint density at radius 1 is 1.19 bits per heavy atom. The Hall–Kier alpha value is -3.90. The summed E-state index contributed by atoms with van der Waals surface area (Å²) in [5, 5.41) is 16.8. The van der Waals surface area contributed by atoms with Crippen LogP contribution in [0, 0.1) is 5.82 Å². The van der Waals surface area contributed by atoms with E-state index in [0.717, 1.165) is 4.90 Å². The number of aliphatic hydroxyl groups excluding tert-OH is 1. The van der Waals surface area contributed by atoms with Crippen molar-refractivity contribution >= 4 is 51.9 Å². The van der Waals surface area contributed by atoms with Crippen molar-refractivity contribution in [2.75, 3.05) is 22.5 Å². The number of ether oxygens (including phenoxy) is 1.